The van der Waals surface area contributed by atoms with Crippen LogP contribution in [0.4, 0.5) is 18.9 Å². The number of aromatic amines is 1. The third kappa shape index (κ3) is 4.22. The van der Waals surface area contributed by atoms with Crippen molar-refractivity contribution in [3.8, 4) is 0 Å². The highest BCUT2D eigenvalue weighted by Crippen LogP contribution is 2.36. The van der Waals surface area contributed by atoms with Crippen LogP contribution in [0.25, 0.3) is 11.0 Å². The van der Waals surface area contributed by atoms with Gasteiger partial charge in [0.15, 0.2) is 0 Å². The number of halogens is 4. The molecule has 0 unspecified atom stereocenters. The number of amides is 2. The Morgan fingerprint density at radius 2 is 1.86 bits per heavy atom. The molecule has 0 aliphatic rings. The number of benzene rings is 2. The summed E-state index contributed by atoms with van der Waals surface area (Å²) < 4.78 is 38.7. The summed E-state index contributed by atoms with van der Waals surface area (Å²) in [6.07, 6.45) is -4.65. The van der Waals surface area contributed by atoms with Crippen LogP contribution in [-0.4, -0.2) is 45.7 Å². The van der Waals surface area contributed by atoms with Gasteiger partial charge in [-0.2, -0.15) is 28.6 Å². The normalized spacial score (nSPS) is 11.5. The standard InChI is InChI=1S/C17H13ClF3N5O2/c1-26(16(28)9-2-5-13-14(6-9)24-25-23-13)8-15(27)22-10-3-4-12(18)11(7-10)17(19,20)21/h2-7H,8H2,1H3,(H,22,27)(H,23,24,25). The number of carbonyl (C=O) groups excluding carboxylic acids is 2. The van der Waals surface area contributed by atoms with E-state index in [1.807, 2.05) is 0 Å². The first-order valence-corrected chi connectivity index (χ1v) is 8.25. The van der Waals surface area contributed by atoms with E-state index in [1.165, 1.54) is 25.2 Å². The van der Waals surface area contributed by atoms with Gasteiger partial charge in [0.25, 0.3) is 5.91 Å². The number of hydrogen-bond acceptors (Lipinski definition) is 4. The fraction of sp³-hybridized carbons (Fsp3) is 0.176. The van der Waals surface area contributed by atoms with Gasteiger partial charge in [0.2, 0.25) is 5.91 Å². The van der Waals surface area contributed by atoms with Gasteiger partial charge in [-0.1, -0.05) is 11.6 Å². The Balaban J connectivity index is 1.68. The second-order valence-corrected chi connectivity index (χ2v) is 6.34. The van der Waals surface area contributed by atoms with E-state index < -0.39 is 28.6 Å². The summed E-state index contributed by atoms with van der Waals surface area (Å²) in [5, 5.41) is 12.0. The summed E-state index contributed by atoms with van der Waals surface area (Å²) >= 11 is 5.55. The number of rotatable bonds is 4. The molecule has 0 fully saturated rings. The van der Waals surface area contributed by atoms with E-state index in [9.17, 15) is 22.8 Å². The quantitative estimate of drug-likeness (QED) is 0.689. The SMILES string of the molecule is CN(CC(=O)Nc1ccc(Cl)c(C(F)(F)F)c1)C(=O)c1ccc2n[nH]nc2c1. The number of nitrogens with one attached hydrogen (secondary N) is 2. The highest BCUT2D eigenvalue weighted by atomic mass is 35.5. The summed E-state index contributed by atoms with van der Waals surface area (Å²) in [6.45, 7) is -0.361. The Morgan fingerprint density at radius 3 is 2.57 bits per heavy atom. The molecular weight excluding hydrogens is 399 g/mol. The maximum atomic E-state index is 12.9. The van der Waals surface area contributed by atoms with Crippen LogP contribution in [0.3, 0.4) is 0 Å². The van der Waals surface area contributed by atoms with Crippen molar-refractivity contribution in [2.45, 2.75) is 6.18 Å². The second-order valence-electron chi connectivity index (χ2n) is 5.93. The third-order valence-corrected chi connectivity index (χ3v) is 4.18. The minimum atomic E-state index is -4.65. The third-order valence-electron chi connectivity index (χ3n) is 3.85. The number of H-pyrrole nitrogens is 1. The first kappa shape index (κ1) is 19.6. The molecule has 3 aromatic rings. The first-order valence-electron chi connectivity index (χ1n) is 7.88. The van der Waals surface area contributed by atoms with Gasteiger partial charge in [-0.25, -0.2) is 0 Å². The molecule has 0 aliphatic heterocycles. The molecule has 0 radical (unpaired) electrons. The summed E-state index contributed by atoms with van der Waals surface area (Å²) in [7, 11) is 1.40. The summed E-state index contributed by atoms with van der Waals surface area (Å²) in [6, 6.07) is 7.69. The van der Waals surface area contributed by atoms with E-state index in [2.05, 4.69) is 20.7 Å². The monoisotopic (exact) mass is 411 g/mol. The lowest BCUT2D eigenvalue weighted by atomic mass is 10.1. The molecule has 28 heavy (non-hydrogen) atoms. The van der Waals surface area contributed by atoms with Crippen LogP contribution in [0.2, 0.25) is 5.02 Å². The zero-order valence-corrected chi connectivity index (χ0v) is 15.1. The number of carbonyl (C=O) groups is 2. The Morgan fingerprint density at radius 1 is 1.14 bits per heavy atom. The fourth-order valence-electron chi connectivity index (χ4n) is 2.50. The molecule has 7 nitrogen and oxygen atoms in total. The topological polar surface area (TPSA) is 91.0 Å². The zero-order chi connectivity index (χ0) is 20.5. The van der Waals surface area contributed by atoms with Crippen molar-refractivity contribution in [1.82, 2.24) is 20.3 Å². The van der Waals surface area contributed by atoms with Crippen LogP contribution in [0.15, 0.2) is 36.4 Å². The molecule has 2 amide bonds. The van der Waals surface area contributed by atoms with Gasteiger partial charge in [0.05, 0.1) is 17.1 Å². The van der Waals surface area contributed by atoms with E-state index in [0.29, 0.717) is 16.6 Å². The van der Waals surface area contributed by atoms with Crippen LogP contribution in [0, 0.1) is 0 Å². The van der Waals surface area contributed by atoms with Gasteiger partial charge in [-0.15, -0.1) is 0 Å². The maximum Gasteiger partial charge on any atom is 0.417 e. The zero-order valence-electron chi connectivity index (χ0n) is 14.3. The lowest BCUT2D eigenvalue weighted by molar-refractivity contribution is -0.137. The van der Waals surface area contributed by atoms with E-state index in [4.69, 9.17) is 11.6 Å². The molecule has 0 saturated heterocycles. The number of likely N-dealkylation sites (N-methyl/N-ethyl adjacent to an activating group) is 1. The Kier molecular flexibility index (Phi) is 5.23. The van der Waals surface area contributed by atoms with Gasteiger partial charge in [-0.3, -0.25) is 9.59 Å². The van der Waals surface area contributed by atoms with Crippen molar-refractivity contribution in [2.75, 3.05) is 18.9 Å². The van der Waals surface area contributed by atoms with E-state index >= 15 is 0 Å². The number of fused-ring (bicyclic) bond motifs is 1. The van der Waals surface area contributed by atoms with Crippen LogP contribution < -0.4 is 5.32 Å². The molecule has 2 aromatic carbocycles. The van der Waals surface area contributed by atoms with E-state index in [0.717, 1.165) is 17.0 Å². The average Bonchev–Trinajstić information content (AvgIpc) is 3.09. The molecule has 0 saturated carbocycles. The van der Waals surface area contributed by atoms with Crippen molar-refractivity contribution in [1.29, 1.82) is 0 Å². The predicted molar refractivity (Wildman–Crippen MR) is 95.9 cm³/mol. The minimum Gasteiger partial charge on any atom is -0.332 e. The highest BCUT2D eigenvalue weighted by molar-refractivity contribution is 6.31. The molecule has 0 spiro atoms. The molecule has 146 valence electrons. The van der Waals surface area contributed by atoms with Gasteiger partial charge in [-0.05, 0) is 36.4 Å². The predicted octanol–water partition coefficient (Wildman–Crippen LogP) is 3.34. The molecule has 0 aliphatic carbocycles. The summed E-state index contributed by atoms with van der Waals surface area (Å²) in [5.41, 5.74) is 0.233. The molecule has 2 N–H and O–H groups in total. The smallest absolute Gasteiger partial charge is 0.332 e. The second kappa shape index (κ2) is 7.47. The highest BCUT2D eigenvalue weighted by Gasteiger charge is 2.33. The lowest BCUT2D eigenvalue weighted by Crippen LogP contribution is -2.35. The molecule has 1 aromatic heterocycles. The molecule has 0 atom stereocenters. The van der Waals surface area contributed by atoms with Crippen LogP contribution in [0.1, 0.15) is 15.9 Å². The van der Waals surface area contributed by atoms with Crippen LogP contribution >= 0.6 is 11.6 Å². The average molecular weight is 412 g/mol. The van der Waals surface area contributed by atoms with Crippen molar-refractivity contribution >= 4 is 40.1 Å². The summed E-state index contributed by atoms with van der Waals surface area (Å²) in [4.78, 5) is 25.7. The molecular formula is C17H13ClF3N5O2. The van der Waals surface area contributed by atoms with Gasteiger partial charge >= 0.3 is 6.18 Å². The number of anilines is 1. The molecule has 11 heteroatoms. The lowest BCUT2D eigenvalue weighted by Gasteiger charge is -2.17. The minimum absolute atomic E-state index is 0.0772. The molecule has 0 bridgehead atoms. The summed E-state index contributed by atoms with van der Waals surface area (Å²) in [5.74, 6) is -1.11. The number of hydrogen-bond donors (Lipinski definition) is 2. The number of aromatic nitrogens is 3. The Hall–Kier alpha value is -3.14. The van der Waals surface area contributed by atoms with Crippen molar-refractivity contribution in [2.24, 2.45) is 0 Å². The van der Waals surface area contributed by atoms with Crippen molar-refractivity contribution in [3.05, 3.63) is 52.5 Å². The largest absolute Gasteiger partial charge is 0.417 e. The van der Waals surface area contributed by atoms with Crippen molar-refractivity contribution < 1.29 is 22.8 Å². The molecule has 1 heterocycles. The Bertz CT molecular complexity index is 1050. The maximum absolute atomic E-state index is 12.9. The van der Waals surface area contributed by atoms with Crippen molar-refractivity contribution in [3.63, 3.8) is 0 Å². The number of alkyl halides is 3. The van der Waals surface area contributed by atoms with E-state index in [-0.39, 0.29) is 12.2 Å². The van der Waals surface area contributed by atoms with Gasteiger partial charge in [0, 0.05) is 18.3 Å². The van der Waals surface area contributed by atoms with Gasteiger partial charge in [0.1, 0.15) is 11.0 Å². The van der Waals surface area contributed by atoms with Gasteiger partial charge < -0.3 is 10.2 Å². The van der Waals surface area contributed by atoms with Crippen LogP contribution in [0.5, 0.6) is 0 Å². The fourth-order valence-corrected chi connectivity index (χ4v) is 2.73. The van der Waals surface area contributed by atoms with E-state index in [1.54, 1.807) is 6.07 Å². The van der Waals surface area contributed by atoms with Crippen LogP contribution in [-0.2, 0) is 11.0 Å². The Labute approximate surface area is 161 Å². The molecule has 3 rings (SSSR count). The first-order chi connectivity index (χ1) is 13.1. The number of nitrogens with zero attached hydrogens (tertiary/aromatic N) is 3.